The molecule has 21 heavy (non-hydrogen) atoms. The summed E-state index contributed by atoms with van der Waals surface area (Å²) in [5, 5.41) is 9.14. The maximum atomic E-state index is 5.93. The van der Waals surface area contributed by atoms with Crippen LogP contribution in [0.5, 0.6) is 0 Å². The fourth-order valence-corrected chi connectivity index (χ4v) is 2.38. The van der Waals surface area contributed by atoms with Gasteiger partial charge in [-0.1, -0.05) is 23.7 Å². The summed E-state index contributed by atoms with van der Waals surface area (Å²) in [5.41, 5.74) is 1.22. The summed E-state index contributed by atoms with van der Waals surface area (Å²) in [5.74, 6) is 0. The highest BCUT2D eigenvalue weighted by Gasteiger charge is 2.13. The molecule has 0 aliphatic heterocycles. The summed E-state index contributed by atoms with van der Waals surface area (Å²) in [6, 6.07) is 8.13. The minimum absolute atomic E-state index is 0.220. The molecule has 0 N–H and O–H groups in total. The fraction of sp³-hybridized carbons (Fsp3) is 0.286. The van der Waals surface area contributed by atoms with Crippen molar-refractivity contribution in [3.63, 3.8) is 0 Å². The predicted molar refractivity (Wildman–Crippen MR) is 78.9 cm³/mol. The van der Waals surface area contributed by atoms with Crippen molar-refractivity contribution in [3.8, 4) is 0 Å². The molecule has 108 valence electrons. The molecule has 0 fully saturated rings. The Kier molecular flexibility index (Phi) is 4.25. The van der Waals surface area contributed by atoms with Crippen LogP contribution in [0.4, 0.5) is 0 Å². The van der Waals surface area contributed by atoms with E-state index in [0.717, 1.165) is 24.4 Å². The smallest absolute Gasteiger partial charge is 0.137 e. The molecule has 6 nitrogen and oxygen atoms in total. The minimum atomic E-state index is 0.220. The molecule has 0 amide bonds. The topological polar surface area (TPSA) is 61.4 Å². The molecule has 0 radical (unpaired) electrons. The SMILES string of the molecule is Clc1ccc(CC(CCn2cncn2)n2cncn2)cc1. The van der Waals surface area contributed by atoms with Gasteiger partial charge in [0.1, 0.15) is 25.3 Å². The molecule has 0 bridgehead atoms. The summed E-state index contributed by atoms with van der Waals surface area (Å²) in [7, 11) is 0. The van der Waals surface area contributed by atoms with E-state index < -0.39 is 0 Å². The van der Waals surface area contributed by atoms with Gasteiger partial charge in [0, 0.05) is 11.6 Å². The predicted octanol–water partition coefficient (Wildman–Crippen LogP) is 2.40. The monoisotopic (exact) mass is 302 g/mol. The molecule has 0 saturated heterocycles. The van der Waals surface area contributed by atoms with Crippen LogP contribution in [0, 0.1) is 0 Å². The van der Waals surface area contributed by atoms with Crippen LogP contribution >= 0.6 is 11.6 Å². The number of rotatable bonds is 6. The number of benzene rings is 1. The first kappa shape index (κ1) is 13.8. The van der Waals surface area contributed by atoms with Crippen molar-refractivity contribution in [3.05, 3.63) is 60.2 Å². The van der Waals surface area contributed by atoms with Crippen LogP contribution < -0.4 is 0 Å². The molecule has 0 aliphatic rings. The number of aryl methyl sites for hydroxylation is 1. The number of halogens is 1. The number of aromatic nitrogens is 6. The van der Waals surface area contributed by atoms with Crippen LogP contribution in [-0.4, -0.2) is 29.5 Å². The summed E-state index contributed by atoms with van der Waals surface area (Å²) < 4.78 is 3.72. The van der Waals surface area contributed by atoms with E-state index in [2.05, 4.69) is 20.2 Å². The van der Waals surface area contributed by atoms with Crippen LogP contribution in [0.15, 0.2) is 49.6 Å². The van der Waals surface area contributed by atoms with Crippen molar-refractivity contribution >= 4 is 11.6 Å². The van der Waals surface area contributed by atoms with Gasteiger partial charge in [0.05, 0.1) is 6.04 Å². The summed E-state index contributed by atoms with van der Waals surface area (Å²) in [6.45, 7) is 0.790. The first-order valence-corrected chi connectivity index (χ1v) is 7.10. The summed E-state index contributed by atoms with van der Waals surface area (Å²) >= 11 is 5.93. The van der Waals surface area contributed by atoms with Gasteiger partial charge in [-0.2, -0.15) is 10.2 Å². The molecule has 0 spiro atoms. The molecule has 2 aromatic heterocycles. The Morgan fingerprint density at radius 1 is 1.00 bits per heavy atom. The van der Waals surface area contributed by atoms with Gasteiger partial charge in [0.15, 0.2) is 0 Å². The molecule has 0 saturated carbocycles. The maximum absolute atomic E-state index is 5.93. The first-order valence-electron chi connectivity index (χ1n) is 6.72. The van der Waals surface area contributed by atoms with Crippen LogP contribution in [-0.2, 0) is 13.0 Å². The Morgan fingerprint density at radius 2 is 1.76 bits per heavy atom. The number of hydrogen-bond acceptors (Lipinski definition) is 4. The molecule has 1 atom stereocenters. The third-order valence-electron chi connectivity index (χ3n) is 3.35. The summed E-state index contributed by atoms with van der Waals surface area (Å²) in [6.07, 6.45) is 8.35. The second kappa shape index (κ2) is 6.49. The zero-order valence-electron chi connectivity index (χ0n) is 11.4. The third kappa shape index (κ3) is 3.66. The Balaban J connectivity index is 1.71. The molecule has 3 rings (SSSR count). The van der Waals surface area contributed by atoms with Crippen molar-refractivity contribution in [2.75, 3.05) is 0 Å². The molecule has 7 heteroatoms. The van der Waals surface area contributed by atoms with E-state index in [4.69, 9.17) is 11.6 Å². The second-order valence-corrected chi connectivity index (χ2v) is 5.24. The lowest BCUT2D eigenvalue weighted by atomic mass is 10.0. The molecule has 0 aliphatic carbocycles. The highest BCUT2D eigenvalue weighted by molar-refractivity contribution is 6.30. The van der Waals surface area contributed by atoms with Gasteiger partial charge in [-0.15, -0.1) is 0 Å². The number of hydrogen-bond donors (Lipinski definition) is 0. The molecule has 2 heterocycles. The zero-order valence-corrected chi connectivity index (χ0v) is 12.1. The molecule has 3 aromatic rings. The lowest BCUT2D eigenvalue weighted by Crippen LogP contribution is -2.15. The third-order valence-corrected chi connectivity index (χ3v) is 3.61. The Bertz CT molecular complexity index is 647. The Morgan fingerprint density at radius 3 is 2.43 bits per heavy atom. The van der Waals surface area contributed by atoms with Gasteiger partial charge < -0.3 is 0 Å². The highest BCUT2D eigenvalue weighted by Crippen LogP contribution is 2.19. The van der Waals surface area contributed by atoms with Crippen LogP contribution in [0.25, 0.3) is 0 Å². The Hall–Kier alpha value is -2.21. The van der Waals surface area contributed by atoms with Crippen molar-refractivity contribution in [2.24, 2.45) is 0 Å². The van der Waals surface area contributed by atoms with Crippen molar-refractivity contribution in [1.29, 1.82) is 0 Å². The van der Waals surface area contributed by atoms with E-state index in [1.54, 1.807) is 25.3 Å². The lowest BCUT2D eigenvalue weighted by Gasteiger charge is -2.17. The van der Waals surface area contributed by atoms with Gasteiger partial charge in [-0.25, -0.2) is 14.6 Å². The highest BCUT2D eigenvalue weighted by atomic mass is 35.5. The van der Waals surface area contributed by atoms with Gasteiger partial charge >= 0.3 is 0 Å². The van der Waals surface area contributed by atoms with Crippen LogP contribution in [0.3, 0.4) is 0 Å². The van der Waals surface area contributed by atoms with E-state index >= 15 is 0 Å². The fourth-order valence-electron chi connectivity index (χ4n) is 2.26. The molecule has 1 unspecified atom stereocenters. The quantitative estimate of drug-likeness (QED) is 0.701. The van der Waals surface area contributed by atoms with E-state index in [9.17, 15) is 0 Å². The minimum Gasteiger partial charge on any atom is -0.253 e. The summed E-state index contributed by atoms with van der Waals surface area (Å²) in [4.78, 5) is 8.00. The van der Waals surface area contributed by atoms with Crippen molar-refractivity contribution < 1.29 is 0 Å². The van der Waals surface area contributed by atoms with E-state index in [-0.39, 0.29) is 6.04 Å². The average molecular weight is 303 g/mol. The molecular weight excluding hydrogens is 288 g/mol. The van der Waals surface area contributed by atoms with E-state index in [1.807, 2.05) is 33.6 Å². The van der Waals surface area contributed by atoms with Crippen molar-refractivity contribution in [2.45, 2.75) is 25.4 Å². The lowest BCUT2D eigenvalue weighted by molar-refractivity contribution is 0.385. The van der Waals surface area contributed by atoms with Crippen molar-refractivity contribution in [1.82, 2.24) is 29.5 Å². The van der Waals surface area contributed by atoms with Gasteiger partial charge in [-0.05, 0) is 30.5 Å². The van der Waals surface area contributed by atoms with E-state index in [1.165, 1.54) is 5.56 Å². The van der Waals surface area contributed by atoms with Crippen LogP contribution in [0.2, 0.25) is 5.02 Å². The Labute approximate surface area is 127 Å². The van der Waals surface area contributed by atoms with Gasteiger partial charge in [-0.3, -0.25) is 4.68 Å². The standard InChI is InChI=1S/C14H15ClN6/c15-13-3-1-12(2-4-13)7-14(21-11-17-9-19-21)5-6-20-10-16-8-18-20/h1-4,8-11,14H,5-7H2. The number of nitrogens with zero attached hydrogens (tertiary/aromatic N) is 6. The average Bonchev–Trinajstić information content (AvgIpc) is 3.19. The zero-order chi connectivity index (χ0) is 14.5. The molecule has 1 aromatic carbocycles. The molecular formula is C14H15ClN6. The second-order valence-electron chi connectivity index (χ2n) is 4.81. The first-order chi connectivity index (χ1) is 10.3. The largest absolute Gasteiger partial charge is 0.253 e. The maximum Gasteiger partial charge on any atom is 0.137 e. The van der Waals surface area contributed by atoms with E-state index in [0.29, 0.717) is 0 Å². The van der Waals surface area contributed by atoms with Gasteiger partial charge in [0.2, 0.25) is 0 Å². The van der Waals surface area contributed by atoms with Gasteiger partial charge in [0.25, 0.3) is 0 Å². The van der Waals surface area contributed by atoms with Crippen LogP contribution in [0.1, 0.15) is 18.0 Å². The normalized spacial score (nSPS) is 12.4.